The number of anilines is 2. The molecule has 5 nitrogen and oxygen atoms in total. The number of para-hydroxylation sites is 1. The molecule has 118 valence electrons. The van der Waals surface area contributed by atoms with Crippen LogP contribution in [-0.4, -0.2) is 9.97 Å². The van der Waals surface area contributed by atoms with Gasteiger partial charge in [-0.15, -0.1) is 0 Å². The van der Waals surface area contributed by atoms with Crippen molar-refractivity contribution >= 4 is 22.4 Å². The quantitative estimate of drug-likeness (QED) is 0.585. The Hall–Kier alpha value is -3.34. The third kappa shape index (κ3) is 3.05. The molecule has 0 atom stereocenters. The number of benzene rings is 2. The monoisotopic (exact) mass is 317 g/mol. The Bertz CT molecular complexity index is 929. The summed E-state index contributed by atoms with van der Waals surface area (Å²) < 4.78 is 10.9. The minimum absolute atomic E-state index is 0.413. The molecule has 0 aliphatic rings. The van der Waals surface area contributed by atoms with Crippen molar-refractivity contribution in [1.82, 2.24) is 9.97 Å². The molecular formula is C19H15N3O2. The maximum absolute atomic E-state index is 5.68. The predicted molar refractivity (Wildman–Crippen MR) is 92.3 cm³/mol. The van der Waals surface area contributed by atoms with Gasteiger partial charge < -0.3 is 14.5 Å². The summed E-state index contributed by atoms with van der Waals surface area (Å²) in [5.74, 6) is 2.36. The molecule has 4 rings (SSSR count). The Morgan fingerprint density at radius 1 is 0.917 bits per heavy atom. The molecule has 0 saturated heterocycles. The second-order valence-electron chi connectivity index (χ2n) is 5.26. The molecule has 24 heavy (non-hydrogen) atoms. The van der Waals surface area contributed by atoms with Crippen molar-refractivity contribution < 1.29 is 9.15 Å². The fraction of sp³-hybridized carbons (Fsp3) is 0.0526. The molecule has 0 amide bonds. The van der Waals surface area contributed by atoms with Crippen LogP contribution in [0.15, 0.2) is 77.7 Å². The molecule has 4 aromatic rings. The van der Waals surface area contributed by atoms with Gasteiger partial charge in [-0.1, -0.05) is 12.1 Å². The van der Waals surface area contributed by atoms with E-state index in [1.807, 2.05) is 60.7 Å². The van der Waals surface area contributed by atoms with Gasteiger partial charge in [-0.05, 0) is 48.5 Å². The number of nitrogens with one attached hydrogen (secondary N) is 1. The van der Waals surface area contributed by atoms with Crippen molar-refractivity contribution in [2.45, 2.75) is 6.61 Å². The van der Waals surface area contributed by atoms with Crippen LogP contribution in [0.4, 0.5) is 11.5 Å². The first-order valence-electron chi connectivity index (χ1n) is 7.60. The second-order valence-corrected chi connectivity index (χ2v) is 5.26. The number of ether oxygens (including phenoxy) is 1. The largest absolute Gasteiger partial charge is 0.486 e. The summed E-state index contributed by atoms with van der Waals surface area (Å²) in [6, 6.07) is 19.4. The van der Waals surface area contributed by atoms with E-state index in [1.54, 1.807) is 12.6 Å². The zero-order chi connectivity index (χ0) is 16.2. The Morgan fingerprint density at radius 3 is 2.62 bits per heavy atom. The molecule has 0 bridgehead atoms. The highest BCUT2D eigenvalue weighted by Crippen LogP contribution is 2.24. The number of fused-ring (bicyclic) bond motifs is 1. The summed E-state index contributed by atoms with van der Waals surface area (Å²) in [4.78, 5) is 8.60. The molecule has 1 N–H and O–H groups in total. The Kier molecular flexibility index (Phi) is 3.81. The van der Waals surface area contributed by atoms with Crippen LogP contribution in [0.2, 0.25) is 0 Å². The van der Waals surface area contributed by atoms with Crippen molar-refractivity contribution in [3.05, 3.63) is 79.0 Å². The van der Waals surface area contributed by atoms with Crippen LogP contribution in [0.3, 0.4) is 0 Å². The smallest absolute Gasteiger partial charge is 0.146 e. The van der Waals surface area contributed by atoms with Crippen LogP contribution in [0.1, 0.15) is 5.76 Å². The molecule has 5 heteroatoms. The lowest BCUT2D eigenvalue weighted by Crippen LogP contribution is -1.97. The van der Waals surface area contributed by atoms with Gasteiger partial charge >= 0.3 is 0 Å². The Balaban J connectivity index is 1.48. The van der Waals surface area contributed by atoms with Crippen molar-refractivity contribution in [3.63, 3.8) is 0 Å². The van der Waals surface area contributed by atoms with Crippen LogP contribution in [0.5, 0.6) is 5.75 Å². The van der Waals surface area contributed by atoms with E-state index >= 15 is 0 Å². The molecular weight excluding hydrogens is 302 g/mol. The number of aromatic nitrogens is 2. The van der Waals surface area contributed by atoms with Gasteiger partial charge in [0.05, 0.1) is 11.8 Å². The average Bonchev–Trinajstić information content (AvgIpc) is 3.15. The van der Waals surface area contributed by atoms with Crippen molar-refractivity contribution in [2.24, 2.45) is 0 Å². The van der Waals surface area contributed by atoms with E-state index in [4.69, 9.17) is 9.15 Å². The van der Waals surface area contributed by atoms with E-state index in [9.17, 15) is 0 Å². The molecule has 2 aromatic carbocycles. The highest BCUT2D eigenvalue weighted by Gasteiger charge is 2.04. The molecule has 0 aliphatic heterocycles. The fourth-order valence-electron chi connectivity index (χ4n) is 2.42. The van der Waals surface area contributed by atoms with E-state index in [0.717, 1.165) is 33.9 Å². The summed E-state index contributed by atoms with van der Waals surface area (Å²) in [5.41, 5.74) is 1.85. The number of nitrogens with zero attached hydrogens (tertiary/aromatic N) is 2. The van der Waals surface area contributed by atoms with Crippen molar-refractivity contribution in [1.29, 1.82) is 0 Å². The van der Waals surface area contributed by atoms with E-state index < -0.39 is 0 Å². The van der Waals surface area contributed by atoms with Crippen LogP contribution in [0.25, 0.3) is 10.9 Å². The minimum atomic E-state index is 0.413. The zero-order valence-electron chi connectivity index (χ0n) is 12.8. The summed E-state index contributed by atoms with van der Waals surface area (Å²) >= 11 is 0. The first kappa shape index (κ1) is 14.3. The van der Waals surface area contributed by atoms with E-state index in [1.165, 1.54) is 0 Å². The maximum Gasteiger partial charge on any atom is 0.146 e. The van der Waals surface area contributed by atoms with Crippen LogP contribution >= 0.6 is 0 Å². The normalized spacial score (nSPS) is 10.7. The van der Waals surface area contributed by atoms with Gasteiger partial charge in [-0.3, -0.25) is 0 Å². The lowest BCUT2D eigenvalue weighted by Gasteiger charge is -2.09. The van der Waals surface area contributed by atoms with Crippen LogP contribution in [-0.2, 0) is 6.61 Å². The van der Waals surface area contributed by atoms with E-state index in [-0.39, 0.29) is 0 Å². The highest BCUT2D eigenvalue weighted by molar-refractivity contribution is 5.90. The third-order valence-corrected chi connectivity index (χ3v) is 3.62. The number of furan rings is 1. The van der Waals surface area contributed by atoms with E-state index in [0.29, 0.717) is 6.61 Å². The number of hydrogen-bond donors (Lipinski definition) is 1. The average molecular weight is 317 g/mol. The summed E-state index contributed by atoms with van der Waals surface area (Å²) in [5, 5.41) is 4.30. The molecule has 0 spiro atoms. The van der Waals surface area contributed by atoms with Crippen molar-refractivity contribution in [3.8, 4) is 5.75 Å². The Morgan fingerprint density at radius 2 is 1.79 bits per heavy atom. The minimum Gasteiger partial charge on any atom is -0.486 e. The molecule has 0 aliphatic carbocycles. The van der Waals surface area contributed by atoms with E-state index in [2.05, 4.69) is 15.3 Å². The molecule has 0 fully saturated rings. The lowest BCUT2D eigenvalue weighted by molar-refractivity contribution is 0.270. The maximum atomic E-state index is 5.68. The van der Waals surface area contributed by atoms with Gasteiger partial charge in [0.2, 0.25) is 0 Å². The topological polar surface area (TPSA) is 60.2 Å². The van der Waals surface area contributed by atoms with Gasteiger partial charge in [-0.25, -0.2) is 9.97 Å². The van der Waals surface area contributed by atoms with Gasteiger partial charge in [0, 0.05) is 11.1 Å². The molecule has 0 saturated carbocycles. The zero-order valence-corrected chi connectivity index (χ0v) is 12.8. The van der Waals surface area contributed by atoms with Gasteiger partial charge in [0.1, 0.15) is 30.3 Å². The summed E-state index contributed by atoms with van der Waals surface area (Å²) in [6.07, 6.45) is 3.20. The summed E-state index contributed by atoms with van der Waals surface area (Å²) in [7, 11) is 0. The fourth-order valence-corrected chi connectivity index (χ4v) is 2.42. The van der Waals surface area contributed by atoms with Crippen LogP contribution < -0.4 is 10.1 Å². The van der Waals surface area contributed by atoms with Gasteiger partial charge in [0.15, 0.2) is 0 Å². The molecule has 0 unspecified atom stereocenters. The standard InChI is InChI=1S/C19H15N3O2/c1-2-6-18-17(5-1)19(21-13-20-18)22-14-7-9-15(10-8-14)24-12-16-4-3-11-23-16/h1-11,13H,12H2,(H,20,21,22). The molecule has 2 heterocycles. The second kappa shape index (κ2) is 6.42. The van der Waals surface area contributed by atoms with Crippen molar-refractivity contribution in [2.75, 3.05) is 5.32 Å². The van der Waals surface area contributed by atoms with Crippen LogP contribution in [0, 0.1) is 0 Å². The van der Waals surface area contributed by atoms with Gasteiger partial charge in [-0.2, -0.15) is 0 Å². The third-order valence-electron chi connectivity index (χ3n) is 3.62. The number of hydrogen-bond acceptors (Lipinski definition) is 5. The number of rotatable bonds is 5. The lowest BCUT2D eigenvalue weighted by atomic mass is 10.2. The van der Waals surface area contributed by atoms with Gasteiger partial charge in [0.25, 0.3) is 0 Å². The predicted octanol–water partition coefficient (Wildman–Crippen LogP) is 4.55. The Labute approximate surface area is 138 Å². The first-order valence-corrected chi connectivity index (χ1v) is 7.60. The highest BCUT2D eigenvalue weighted by atomic mass is 16.5. The molecule has 2 aromatic heterocycles. The summed E-state index contributed by atoms with van der Waals surface area (Å²) in [6.45, 7) is 0.413. The first-order chi connectivity index (χ1) is 11.9. The SMILES string of the molecule is c1coc(COc2ccc(Nc3ncnc4ccccc34)cc2)c1. The molecule has 0 radical (unpaired) electrons.